The predicted molar refractivity (Wildman–Crippen MR) is 62.1 cm³/mol. The van der Waals surface area contributed by atoms with Gasteiger partial charge in [-0.2, -0.15) is 0 Å². The first-order valence-electron chi connectivity index (χ1n) is 3.72. The van der Waals surface area contributed by atoms with Gasteiger partial charge in [0.15, 0.2) is 0 Å². The van der Waals surface area contributed by atoms with Crippen LogP contribution in [0.15, 0.2) is 17.5 Å². The van der Waals surface area contributed by atoms with E-state index in [9.17, 15) is 5.11 Å². The summed E-state index contributed by atoms with van der Waals surface area (Å²) in [5, 5.41) is 21.1. The number of hydrogen-bond donors (Lipinski definition) is 2. The number of rotatable bonds is 1. The lowest BCUT2D eigenvalue weighted by atomic mass is 10.2. The highest BCUT2D eigenvalue weighted by Crippen LogP contribution is 2.35. The highest BCUT2D eigenvalue weighted by atomic mass is 127. The van der Waals surface area contributed by atoms with E-state index in [4.69, 9.17) is 5.11 Å². The van der Waals surface area contributed by atoms with Crippen molar-refractivity contribution in [2.45, 2.75) is 6.61 Å². The van der Waals surface area contributed by atoms with E-state index < -0.39 is 0 Å². The largest absolute Gasteiger partial charge is 0.506 e. The molecule has 2 nitrogen and oxygen atoms in total. The zero-order valence-corrected chi connectivity index (χ0v) is 9.59. The summed E-state index contributed by atoms with van der Waals surface area (Å²) in [6, 6.07) is 3.78. The van der Waals surface area contributed by atoms with Crippen LogP contribution in [0.2, 0.25) is 0 Å². The standard InChI is InChI=1S/C9H7IO2S/c10-7-2-1-5-8(12)4-13-9(5)6(7)3-11/h1-2,4,11-12H,3H2. The van der Waals surface area contributed by atoms with Gasteiger partial charge in [-0.15, -0.1) is 11.3 Å². The molecule has 0 atom stereocenters. The molecule has 4 heteroatoms. The molecular weight excluding hydrogens is 299 g/mol. The van der Waals surface area contributed by atoms with Gasteiger partial charge in [0, 0.05) is 24.6 Å². The van der Waals surface area contributed by atoms with Crippen molar-refractivity contribution in [3.05, 3.63) is 26.6 Å². The number of aliphatic hydroxyl groups excluding tert-OH is 1. The maximum Gasteiger partial charge on any atom is 0.134 e. The number of aromatic hydroxyl groups is 1. The number of aliphatic hydroxyl groups is 1. The third-order valence-corrected chi connectivity index (χ3v) is 3.98. The quantitative estimate of drug-likeness (QED) is 0.795. The summed E-state index contributed by atoms with van der Waals surface area (Å²) in [6.07, 6.45) is 0. The van der Waals surface area contributed by atoms with Gasteiger partial charge in [0.05, 0.1) is 6.61 Å². The van der Waals surface area contributed by atoms with Crippen molar-refractivity contribution in [1.29, 1.82) is 0 Å². The summed E-state index contributed by atoms with van der Waals surface area (Å²) in [5.41, 5.74) is 0.906. The second kappa shape index (κ2) is 3.43. The van der Waals surface area contributed by atoms with Gasteiger partial charge < -0.3 is 10.2 Å². The van der Waals surface area contributed by atoms with E-state index in [1.54, 1.807) is 5.38 Å². The molecule has 2 N–H and O–H groups in total. The minimum absolute atomic E-state index is 0.0234. The van der Waals surface area contributed by atoms with Gasteiger partial charge in [-0.25, -0.2) is 0 Å². The summed E-state index contributed by atoms with van der Waals surface area (Å²) in [5.74, 6) is 0.297. The zero-order chi connectivity index (χ0) is 9.42. The van der Waals surface area contributed by atoms with Crippen molar-refractivity contribution < 1.29 is 10.2 Å². The number of benzene rings is 1. The van der Waals surface area contributed by atoms with Crippen molar-refractivity contribution in [1.82, 2.24) is 0 Å². The van der Waals surface area contributed by atoms with Crippen molar-refractivity contribution in [3.63, 3.8) is 0 Å². The van der Waals surface area contributed by atoms with E-state index in [1.807, 2.05) is 12.1 Å². The van der Waals surface area contributed by atoms with E-state index in [0.717, 1.165) is 19.2 Å². The van der Waals surface area contributed by atoms with Gasteiger partial charge >= 0.3 is 0 Å². The SMILES string of the molecule is OCc1c(I)ccc2c(O)csc12. The average Bonchev–Trinajstić information content (AvgIpc) is 2.48. The number of halogens is 1. The highest BCUT2D eigenvalue weighted by molar-refractivity contribution is 14.1. The predicted octanol–water partition coefficient (Wildman–Crippen LogP) is 2.70. The van der Waals surface area contributed by atoms with Crippen molar-refractivity contribution in [3.8, 4) is 5.75 Å². The molecule has 0 aliphatic rings. The molecule has 1 aromatic heterocycles. The molecule has 68 valence electrons. The van der Waals surface area contributed by atoms with Crippen molar-refractivity contribution in [2.24, 2.45) is 0 Å². The summed E-state index contributed by atoms with van der Waals surface area (Å²) >= 11 is 3.65. The Morgan fingerprint density at radius 3 is 2.85 bits per heavy atom. The molecule has 0 saturated carbocycles. The Morgan fingerprint density at radius 1 is 1.38 bits per heavy atom. The van der Waals surface area contributed by atoms with E-state index in [2.05, 4.69) is 22.6 Å². The molecule has 0 spiro atoms. The molecule has 2 rings (SSSR count). The van der Waals surface area contributed by atoms with Crippen LogP contribution < -0.4 is 0 Å². The maximum atomic E-state index is 9.45. The Morgan fingerprint density at radius 2 is 2.15 bits per heavy atom. The lowest BCUT2D eigenvalue weighted by molar-refractivity contribution is 0.282. The zero-order valence-electron chi connectivity index (χ0n) is 6.62. The van der Waals surface area contributed by atoms with Gasteiger partial charge in [-0.05, 0) is 34.7 Å². The van der Waals surface area contributed by atoms with E-state index in [0.29, 0.717) is 5.75 Å². The van der Waals surface area contributed by atoms with Gasteiger partial charge in [-0.1, -0.05) is 0 Å². The number of thiophene rings is 1. The van der Waals surface area contributed by atoms with E-state index in [1.165, 1.54) is 11.3 Å². The van der Waals surface area contributed by atoms with E-state index in [-0.39, 0.29) is 6.61 Å². The van der Waals surface area contributed by atoms with Gasteiger partial charge in [0.25, 0.3) is 0 Å². The van der Waals surface area contributed by atoms with Crippen molar-refractivity contribution in [2.75, 3.05) is 0 Å². The second-order valence-electron chi connectivity index (χ2n) is 2.68. The monoisotopic (exact) mass is 306 g/mol. The van der Waals surface area contributed by atoms with E-state index >= 15 is 0 Å². The third-order valence-electron chi connectivity index (χ3n) is 1.93. The Labute approximate surface area is 93.0 Å². The van der Waals surface area contributed by atoms with Crippen LogP contribution in [0.3, 0.4) is 0 Å². The minimum atomic E-state index is 0.0234. The summed E-state index contributed by atoms with van der Waals surface area (Å²) < 4.78 is 2.02. The first-order valence-corrected chi connectivity index (χ1v) is 5.68. The van der Waals surface area contributed by atoms with Crippen LogP contribution >= 0.6 is 33.9 Å². The van der Waals surface area contributed by atoms with Gasteiger partial charge in [0.1, 0.15) is 5.75 Å². The summed E-state index contributed by atoms with van der Waals surface area (Å²) in [7, 11) is 0. The Bertz CT molecular complexity index is 450. The Hall–Kier alpha value is -0.330. The van der Waals surface area contributed by atoms with Crippen LogP contribution in [0, 0.1) is 3.57 Å². The molecular formula is C9H7IO2S. The van der Waals surface area contributed by atoms with Crippen LogP contribution in [0.1, 0.15) is 5.56 Å². The minimum Gasteiger partial charge on any atom is -0.506 e. The lowest BCUT2D eigenvalue weighted by Gasteiger charge is -2.01. The first kappa shape index (κ1) is 9.23. The molecule has 2 aromatic rings. The summed E-state index contributed by atoms with van der Waals surface area (Å²) in [4.78, 5) is 0. The molecule has 0 saturated heterocycles. The fourth-order valence-corrected chi connectivity index (χ4v) is 3.04. The molecule has 13 heavy (non-hydrogen) atoms. The van der Waals surface area contributed by atoms with Crippen LogP contribution in [-0.4, -0.2) is 10.2 Å². The molecule has 0 bridgehead atoms. The maximum absolute atomic E-state index is 9.45. The molecule has 0 aliphatic carbocycles. The van der Waals surface area contributed by atoms with Crippen LogP contribution in [-0.2, 0) is 6.61 Å². The fourth-order valence-electron chi connectivity index (χ4n) is 1.27. The topological polar surface area (TPSA) is 40.5 Å². The average molecular weight is 306 g/mol. The highest BCUT2D eigenvalue weighted by Gasteiger charge is 2.09. The first-order chi connectivity index (χ1) is 6.24. The van der Waals surface area contributed by atoms with Crippen molar-refractivity contribution >= 4 is 44.0 Å². The van der Waals surface area contributed by atoms with Crippen LogP contribution in [0.4, 0.5) is 0 Å². The Kier molecular flexibility index (Phi) is 2.44. The lowest BCUT2D eigenvalue weighted by Crippen LogP contribution is -1.87. The molecule has 0 aliphatic heterocycles. The molecule has 1 heterocycles. The smallest absolute Gasteiger partial charge is 0.134 e. The number of fused-ring (bicyclic) bond motifs is 1. The molecule has 0 unspecified atom stereocenters. The molecule has 0 fully saturated rings. The van der Waals surface area contributed by atoms with Crippen LogP contribution in [0.25, 0.3) is 10.1 Å². The molecule has 0 radical (unpaired) electrons. The third kappa shape index (κ3) is 1.43. The molecule has 1 aromatic carbocycles. The normalized spacial score (nSPS) is 10.9. The molecule has 0 amide bonds. The second-order valence-corrected chi connectivity index (χ2v) is 4.72. The van der Waals surface area contributed by atoms with Gasteiger partial charge in [0.2, 0.25) is 0 Å². The number of hydrogen-bond acceptors (Lipinski definition) is 3. The fraction of sp³-hybridized carbons (Fsp3) is 0.111. The summed E-state index contributed by atoms with van der Waals surface area (Å²) in [6.45, 7) is 0.0234. The Balaban J connectivity index is 2.85. The van der Waals surface area contributed by atoms with Gasteiger partial charge in [-0.3, -0.25) is 0 Å². The van der Waals surface area contributed by atoms with Crippen LogP contribution in [0.5, 0.6) is 5.75 Å².